The number of halogens is 1. The maximum Gasteiger partial charge on any atom is 0.126 e. The van der Waals surface area contributed by atoms with Crippen molar-refractivity contribution in [3.8, 4) is 5.75 Å². The van der Waals surface area contributed by atoms with Crippen molar-refractivity contribution >= 4 is 11.6 Å². The molecule has 2 bridgehead atoms. The van der Waals surface area contributed by atoms with Crippen LogP contribution in [0.2, 0.25) is 5.02 Å². The molecule has 1 N–H and O–H groups in total. The molecule has 0 saturated heterocycles. The minimum atomic E-state index is -0.0638. The molecule has 2 aliphatic rings. The number of aliphatic hydroxyl groups is 1. The summed E-state index contributed by atoms with van der Waals surface area (Å²) in [5, 5.41) is 9.92. The van der Waals surface area contributed by atoms with Crippen LogP contribution in [0.15, 0.2) is 18.2 Å². The third-order valence-electron chi connectivity index (χ3n) is 4.57. The highest BCUT2D eigenvalue weighted by atomic mass is 35.5. The minimum absolute atomic E-state index is 0.0638. The van der Waals surface area contributed by atoms with Gasteiger partial charge in [-0.3, -0.25) is 0 Å². The summed E-state index contributed by atoms with van der Waals surface area (Å²) in [6.45, 7) is 0.709. The van der Waals surface area contributed by atoms with E-state index in [9.17, 15) is 5.11 Å². The summed E-state index contributed by atoms with van der Waals surface area (Å²) in [6, 6.07) is 5.56. The van der Waals surface area contributed by atoms with E-state index in [0.29, 0.717) is 16.5 Å². The van der Waals surface area contributed by atoms with Crippen LogP contribution in [0.5, 0.6) is 5.75 Å². The molecule has 0 amide bonds. The number of fused-ring (bicyclic) bond motifs is 2. The molecule has 18 heavy (non-hydrogen) atoms. The highest BCUT2D eigenvalue weighted by molar-refractivity contribution is 6.31. The second kappa shape index (κ2) is 5.10. The van der Waals surface area contributed by atoms with E-state index >= 15 is 0 Å². The molecule has 3 rings (SSSR count). The molecule has 3 atom stereocenters. The molecule has 98 valence electrons. The molecule has 0 aromatic heterocycles. The van der Waals surface area contributed by atoms with Crippen LogP contribution in [0, 0.1) is 17.8 Å². The molecule has 0 spiro atoms. The molecule has 3 unspecified atom stereocenters. The maximum absolute atomic E-state index is 9.33. The fourth-order valence-electron chi connectivity index (χ4n) is 3.60. The number of hydrogen-bond acceptors (Lipinski definition) is 2. The zero-order valence-electron chi connectivity index (χ0n) is 10.4. The van der Waals surface area contributed by atoms with Crippen molar-refractivity contribution in [1.29, 1.82) is 0 Å². The van der Waals surface area contributed by atoms with Crippen molar-refractivity contribution < 1.29 is 9.84 Å². The lowest BCUT2D eigenvalue weighted by Crippen LogP contribution is -2.19. The second-order valence-corrected chi connectivity index (χ2v) is 6.03. The van der Waals surface area contributed by atoms with Crippen LogP contribution >= 0.6 is 11.6 Å². The lowest BCUT2D eigenvalue weighted by molar-refractivity contribution is 0.189. The molecule has 2 saturated carbocycles. The first-order valence-corrected chi connectivity index (χ1v) is 7.16. The van der Waals surface area contributed by atoms with Crippen LogP contribution in [-0.4, -0.2) is 11.7 Å². The zero-order chi connectivity index (χ0) is 12.5. The smallest absolute Gasteiger partial charge is 0.126 e. The molecule has 1 aromatic carbocycles. The predicted octanol–water partition coefficient (Wildman–Crippen LogP) is 3.65. The van der Waals surface area contributed by atoms with Gasteiger partial charge in [0.05, 0.1) is 13.2 Å². The van der Waals surface area contributed by atoms with Crippen LogP contribution in [0.1, 0.15) is 31.2 Å². The fraction of sp³-hybridized carbons (Fsp3) is 0.600. The molecule has 1 aromatic rings. The lowest BCUT2D eigenvalue weighted by Gasteiger charge is -2.22. The first-order chi connectivity index (χ1) is 8.78. The van der Waals surface area contributed by atoms with E-state index in [4.69, 9.17) is 16.3 Å². The first-order valence-electron chi connectivity index (χ1n) is 6.79. The van der Waals surface area contributed by atoms with Gasteiger partial charge in [0.15, 0.2) is 0 Å². The van der Waals surface area contributed by atoms with Crippen LogP contribution in [-0.2, 0) is 6.61 Å². The quantitative estimate of drug-likeness (QED) is 0.901. The van der Waals surface area contributed by atoms with Gasteiger partial charge in [-0.2, -0.15) is 0 Å². The Hall–Kier alpha value is -0.730. The van der Waals surface area contributed by atoms with Gasteiger partial charge in [-0.15, -0.1) is 0 Å². The molecule has 2 nitrogen and oxygen atoms in total. The van der Waals surface area contributed by atoms with E-state index < -0.39 is 0 Å². The maximum atomic E-state index is 9.33. The second-order valence-electron chi connectivity index (χ2n) is 5.62. The standard InChI is InChI=1S/C15H19ClO2/c16-14-2-1-3-15(13(14)8-17)18-9-12-7-10-4-5-11(12)6-10/h1-3,10-12,17H,4-9H2. The Morgan fingerprint density at radius 3 is 2.83 bits per heavy atom. The van der Waals surface area contributed by atoms with Crippen molar-refractivity contribution in [2.24, 2.45) is 17.8 Å². The highest BCUT2D eigenvalue weighted by Gasteiger charge is 2.39. The molecule has 0 aliphatic heterocycles. The predicted molar refractivity (Wildman–Crippen MR) is 71.8 cm³/mol. The third-order valence-corrected chi connectivity index (χ3v) is 4.93. The van der Waals surface area contributed by atoms with Crippen molar-refractivity contribution in [2.75, 3.05) is 6.61 Å². The number of benzene rings is 1. The topological polar surface area (TPSA) is 29.5 Å². The van der Waals surface area contributed by atoms with E-state index in [1.807, 2.05) is 12.1 Å². The van der Waals surface area contributed by atoms with Crippen LogP contribution in [0.3, 0.4) is 0 Å². The Labute approximate surface area is 113 Å². The van der Waals surface area contributed by atoms with E-state index in [2.05, 4.69) is 0 Å². The normalized spacial score (nSPS) is 29.8. The summed E-state index contributed by atoms with van der Waals surface area (Å²) in [6.07, 6.45) is 5.51. The van der Waals surface area contributed by atoms with Crippen molar-refractivity contribution in [3.05, 3.63) is 28.8 Å². The molecule has 3 heteroatoms. The van der Waals surface area contributed by atoms with Crippen LogP contribution in [0.4, 0.5) is 0 Å². The van der Waals surface area contributed by atoms with E-state index in [0.717, 1.165) is 24.2 Å². The Kier molecular flexibility index (Phi) is 3.49. The molecular formula is C15H19ClO2. The largest absolute Gasteiger partial charge is 0.493 e. The van der Waals surface area contributed by atoms with Gasteiger partial charge >= 0.3 is 0 Å². The van der Waals surface area contributed by atoms with E-state index in [-0.39, 0.29) is 6.61 Å². The van der Waals surface area contributed by atoms with Gasteiger partial charge in [-0.25, -0.2) is 0 Å². The van der Waals surface area contributed by atoms with E-state index in [1.54, 1.807) is 6.07 Å². The molecular weight excluding hydrogens is 248 g/mol. The zero-order valence-corrected chi connectivity index (χ0v) is 11.2. The van der Waals surface area contributed by atoms with Gasteiger partial charge in [0.25, 0.3) is 0 Å². The SMILES string of the molecule is OCc1c(Cl)cccc1OCC1CC2CCC1C2. The fourth-order valence-corrected chi connectivity index (χ4v) is 3.83. The van der Waals surface area contributed by atoms with Crippen molar-refractivity contribution in [1.82, 2.24) is 0 Å². The average molecular weight is 267 g/mol. The summed E-state index contributed by atoms with van der Waals surface area (Å²) in [5.74, 6) is 3.26. The number of hydrogen-bond donors (Lipinski definition) is 1. The monoisotopic (exact) mass is 266 g/mol. The molecule has 2 fully saturated rings. The minimum Gasteiger partial charge on any atom is -0.493 e. The summed E-state index contributed by atoms with van der Waals surface area (Å²) >= 11 is 6.05. The summed E-state index contributed by atoms with van der Waals surface area (Å²) in [5.41, 5.74) is 0.710. The molecule has 0 heterocycles. The van der Waals surface area contributed by atoms with Gasteiger partial charge in [0, 0.05) is 10.6 Å². The van der Waals surface area contributed by atoms with Gasteiger partial charge < -0.3 is 9.84 Å². The number of aliphatic hydroxyl groups excluding tert-OH is 1. The summed E-state index contributed by atoms with van der Waals surface area (Å²) < 4.78 is 5.90. The van der Waals surface area contributed by atoms with Crippen molar-refractivity contribution in [3.63, 3.8) is 0 Å². The number of rotatable bonds is 4. The lowest BCUT2D eigenvalue weighted by atomic mass is 9.89. The van der Waals surface area contributed by atoms with Gasteiger partial charge in [0.2, 0.25) is 0 Å². The van der Waals surface area contributed by atoms with Gasteiger partial charge in [-0.05, 0) is 49.1 Å². The van der Waals surface area contributed by atoms with Crippen LogP contribution in [0.25, 0.3) is 0 Å². The van der Waals surface area contributed by atoms with Gasteiger partial charge in [0.1, 0.15) is 5.75 Å². The average Bonchev–Trinajstić information content (AvgIpc) is 2.98. The Morgan fingerprint density at radius 2 is 2.17 bits per heavy atom. The summed E-state index contributed by atoms with van der Waals surface area (Å²) in [4.78, 5) is 0. The number of ether oxygens (including phenoxy) is 1. The summed E-state index contributed by atoms with van der Waals surface area (Å²) in [7, 11) is 0. The van der Waals surface area contributed by atoms with Crippen LogP contribution < -0.4 is 4.74 Å². The van der Waals surface area contributed by atoms with Crippen molar-refractivity contribution in [2.45, 2.75) is 32.3 Å². The van der Waals surface area contributed by atoms with E-state index in [1.165, 1.54) is 25.7 Å². The Bertz CT molecular complexity index is 433. The molecule has 0 radical (unpaired) electrons. The van der Waals surface area contributed by atoms with Gasteiger partial charge in [-0.1, -0.05) is 24.1 Å². The third kappa shape index (κ3) is 2.24. The Morgan fingerprint density at radius 1 is 1.28 bits per heavy atom. The highest BCUT2D eigenvalue weighted by Crippen LogP contribution is 2.48. The molecule has 2 aliphatic carbocycles. The Balaban J connectivity index is 1.65. The first kappa shape index (κ1) is 12.3.